The van der Waals surface area contributed by atoms with E-state index in [1.165, 1.54) is 38.5 Å². The second-order valence-corrected chi connectivity index (χ2v) is 5.87. The first-order chi connectivity index (χ1) is 10.2. The molecular formula is C17H32O4. The summed E-state index contributed by atoms with van der Waals surface area (Å²) < 4.78 is 17.1. The average molecular weight is 300 g/mol. The maximum absolute atomic E-state index is 11.3. The number of unbranched alkanes of at least 4 members (excludes halogenated alkanes) is 7. The van der Waals surface area contributed by atoms with Crippen molar-refractivity contribution >= 4 is 5.78 Å². The number of carbonyl (C=O) groups excluding carboxylic acids is 1. The molecule has 1 heterocycles. The van der Waals surface area contributed by atoms with Crippen LogP contribution in [0.5, 0.6) is 0 Å². The number of Topliss-reactive ketones (excluding diaryl/α,β-unsaturated/α-hetero) is 1. The fraction of sp³-hybridized carbons (Fsp3) is 0.941. The lowest BCUT2D eigenvalue weighted by molar-refractivity contribution is -0.389. The molecule has 1 fully saturated rings. The lowest BCUT2D eigenvalue weighted by Gasteiger charge is -2.36. The number of hydrogen-bond donors (Lipinski definition) is 0. The Labute approximate surface area is 129 Å². The van der Waals surface area contributed by atoms with Crippen LogP contribution in [0.3, 0.4) is 0 Å². The summed E-state index contributed by atoms with van der Waals surface area (Å²) in [7, 11) is 0. The number of hydrogen-bond acceptors (Lipinski definition) is 4. The van der Waals surface area contributed by atoms with Crippen molar-refractivity contribution < 1.29 is 19.0 Å². The van der Waals surface area contributed by atoms with Gasteiger partial charge in [0, 0.05) is 6.42 Å². The van der Waals surface area contributed by atoms with Crippen molar-refractivity contribution in [3.63, 3.8) is 0 Å². The summed E-state index contributed by atoms with van der Waals surface area (Å²) in [5.41, 5.74) is 0. The van der Waals surface area contributed by atoms with Gasteiger partial charge < -0.3 is 14.2 Å². The van der Waals surface area contributed by atoms with Crippen molar-refractivity contribution in [2.45, 2.75) is 84.0 Å². The Morgan fingerprint density at radius 3 is 2.10 bits per heavy atom. The van der Waals surface area contributed by atoms with Crippen LogP contribution in [0, 0.1) is 0 Å². The van der Waals surface area contributed by atoms with Gasteiger partial charge >= 0.3 is 0 Å². The van der Waals surface area contributed by atoms with Gasteiger partial charge in [-0.25, -0.2) is 0 Å². The van der Waals surface area contributed by atoms with E-state index >= 15 is 0 Å². The highest BCUT2D eigenvalue weighted by Gasteiger charge is 2.37. The van der Waals surface area contributed by atoms with Gasteiger partial charge in [-0.15, -0.1) is 0 Å². The van der Waals surface area contributed by atoms with Crippen molar-refractivity contribution in [1.82, 2.24) is 0 Å². The molecule has 21 heavy (non-hydrogen) atoms. The molecule has 0 radical (unpaired) electrons. The minimum absolute atomic E-state index is 0.00816. The molecule has 0 unspecified atom stereocenters. The van der Waals surface area contributed by atoms with Gasteiger partial charge in [0.05, 0.1) is 6.61 Å². The quantitative estimate of drug-likeness (QED) is 0.506. The maximum Gasteiger partial charge on any atom is 0.283 e. The Bertz CT molecular complexity index is 252. The van der Waals surface area contributed by atoms with E-state index in [0.717, 1.165) is 25.7 Å². The van der Waals surface area contributed by atoms with E-state index < -0.39 is 5.97 Å². The molecule has 0 aromatic rings. The smallest absolute Gasteiger partial charge is 0.283 e. The van der Waals surface area contributed by atoms with Gasteiger partial charge in [-0.05, 0) is 12.8 Å². The van der Waals surface area contributed by atoms with Gasteiger partial charge in [0.1, 0.15) is 13.2 Å². The summed E-state index contributed by atoms with van der Waals surface area (Å²) >= 11 is 0. The van der Waals surface area contributed by atoms with Gasteiger partial charge in [-0.3, -0.25) is 4.79 Å². The fourth-order valence-corrected chi connectivity index (χ4v) is 2.47. The Kier molecular flexibility index (Phi) is 9.89. The third kappa shape index (κ3) is 7.93. The van der Waals surface area contributed by atoms with Crippen molar-refractivity contribution in [1.29, 1.82) is 0 Å². The molecule has 4 nitrogen and oxygen atoms in total. The predicted molar refractivity (Wildman–Crippen MR) is 83.1 cm³/mol. The zero-order chi connectivity index (χ0) is 15.4. The minimum Gasteiger partial charge on any atom is -0.327 e. The van der Waals surface area contributed by atoms with Crippen molar-refractivity contribution in [2.24, 2.45) is 0 Å². The standard InChI is InChI=1S/C17H32O4/c1-3-5-7-9-10-12-17(19-13-11-8-6-4-2)20-14-16(18)15-21-17/h3-15H2,1-2H3. The van der Waals surface area contributed by atoms with Crippen molar-refractivity contribution in [3.8, 4) is 0 Å². The third-order valence-electron chi connectivity index (χ3n) is 3.81. The molecule has 0 aliphatic carbocycles. The van der Waals surface area contributed by atoms with Crippen LogP contribution in [0.1, 0.15) is 78.1 Å². The van der Waals surface area contributed by atoms with Gasteiger partial charge in [-0.1, -0.05) is 58.8 Å². The second kappa shape index (κ2) is 11.2. The van der Waals surface area contributed by atoms with Crippen LogP contribution < -0.4 is 0 Å². The van der Waals surface area contributed by atoms with Crippen molar-refractivity contribution in [2.75, 3.05) is 19.8 Å². The first-order valence-corrected chi connectivity index (χ1v) is 8.66. The summed E-state index contributed by atoms with van der Waals surface area (Å²) in [6.07, 6.45) is 11.3. The molecule has 1 aliphatic rings. The number of rotatable bonds is 12. The molecule has 1 aliphatic heterocycles. The predicted octanol–water partition coefficient (Wildman–Crippen LogP) is 4.21. The maximum atomic E-state index is 11.3. The van der Waals surface area contributed by atoms with Gasteiger partial charge in [0.25, 0.3) is 5.97 Å². The molecule has 4 heteroatoms. The Morgan fingerprint density at radius 2 is 1.48 bits per heavy atom. The van der Waals surface area contributed by atoms with Gasteiger partial charge in [-0.2, -0.15) is 0 Å². The van der Waals surface area contributed by atoms with E-state index in [0.29, 0.717) is 6.61 Å². The Balaban J connectivity index is 2.30. The zero-order valence-corrected chi connectivity index (χ0v) is 13.8. The normalized spacial score (nSPS) is 18.1. The first kappa shape index (κ1) is 18.6. The molecule has 0 amide bonds. The van der Waals surface area contributed by atoms with E-state index in [1.807, 2.05) is 0 Å². The molecule has 0 bridgehead atoms. The molecule has 0 spiro atoms. The Hall–Kier alpha value is -0.450. The van der Waals surface area contributed by atoms with Gasteiger partial charge in [0.2, 0.25) is 0 Å². The third-order valence-corrected chi connectivity index (χ3v) is 3.81. The summed E-state index contributed by atoms with van der Waals surface area (Å²) in [5, 5.41) is 0. The lowest BCUT2D eigenvalue weighted by atomic mass is 10.1. The van der Waals surface area contributed by atoms with Crippen LogP contribution in [0.2, 0.25) is 0 Å². The molecule has 0 N–H and O–H groups in total. The fourth-order valence-electron chi connectivity index (χ4n) is 2.47. The van der Waals surface area contributed by atoms with Crippen LogP contribution in [0.25, 0.3) is 0 Å². The number of ether oxygens (including phenoxy) is 3. The van der Waals surface area contributed by atoms with Crippen LogP contribution in [-0.2, 0) is 19.0 Å². The molecule has 1 rings (SSSR count). The van der Waals surface area contributed by atoms with Crippen molar-refractivity contribution in [3.05, 3.63) is 0 Å². The van der Waals surface area contributed by atoms with Crippen LogP contribution in [-0.4, -0.2) is 31.6 Å². The topological polar surface area (TPSA) is 44.8 Å². The average Bonchev–Trinajstić information content (AvgIpc) is 2.50. The highest BCUT2D eigenvalue weighted by Crippen LogP contribution is 2.27. The second-order valence-electron chi connectivity index (χ2n) is 5.87. The summed E-state index contributed by atoms with van der Waals surface area (Å²) in [4.78, 5) is 11.3. The molecule has 0 saturated carbocycles. The molecule has 0 atom stereocenters. The lowest BCUT2D eigenvalue weighted by Crippen LogP contribution is -2.47. The van der Waals surface area contributed by atoms with E-state index in [1.54, 1.807) is 0 Å². The summed E-state index contributed by atoms with van der Waals surface area (Å²) in [5.74, 6) is -0.974. The van der Waals surface area contributed by atoms with Crippen LogP contribution in [0.4, 0.5) is 0 Å². The molecule has 0 aromatic carbocycles. The molecule has 1 saturated heterocycles. The van der Waals surface area contributed by atoms with Gasteiger partial charge in [0.15, 0.2) is 5.78 Å². The molecular weight excluding hydrogens is 268 g/mol. The van der Waals surface area contributed by atoms with E-state index in [2.05, 4.69) is 13.8 Å². The van der Waals surface area contributed by atoms with Crippen LogP contribution in [0.15, 0.2) is 0 Å². The zero-order valence-electron chi connectivity index (χ0n) is 13.8. The molecule has 0 aromatic heterocycles. The minimum atomic E-state index is -0.966. The van der Waals surface area contributed by atoms with E-state index in [4.69, 9.17) is 14.2 Å². The summed E-state index contributed by atoms with van der Waals surface area (Å²) in [6, 6.07) is 0. The number of carbonyl (C=O) groups is 1. The highest BCUT2D eigenvalue weighted by molar-refractivity contribution is 5.81. The first-order valence-electron chi connectivity index (χ1n) is 8.66. The highest BCUT2D eigenvalue weighted by atomic mass is 16.9. The number of ketones is 1. The van der Waals surface area contributed by atoms with Crippen LogP contribution >= 0.6 is 0 Å². The SMILES string of the molecule is CCCCCCCC1(OCCCCCC)OCC(=O)CO1. The monoisotopic (exact) mass is 300 g/mol. The largest absolute Gasteiger partial charge is 0.327 e. The summed E-state index contributed by atoms with van der Waals surface area (Å²) in [6.45, 7) is 5.27. The van der Waals surface area contributed by atoms with E-state index in [9.17, 15) is 4.79 Å². The molecule has 124 valence electrons. The Morgan fingerprint density at radius 1 is 0.905 bits per heavy atom. The van der Waals surface area contributed by atoms with E-state index in [-0.39, 0.29) is 19.0 Å².